The fourth-order valence-corrected chi connectivity index (χ4v) is 2.75. The van der Waals surface area contributed by atoms with Gasteiger partial charge in [0.05, 0.1) is 12.5 Å². The fraction of sp³-hybridized carbons (Fsp3) is 0.857. The first-order valence-corrected chi connectivity index (χ1v) is 7.01. The minimum absolute atomic E-state index is 0.0424. The lowest BCUT2D eigenvalue weighted by atomic mass is 9.83. The van der Waals surface area contributed by atoms with Crippen LogP contribution in [-0.2, 0) is 14.3 Å². The third-order valence-electron chi connectivity index (χ3n) is 3.74. The number of cyclic esters (lactones) is 1. The van der Waals surface area contributed by atoms with Crippen LogP contribution in [0.4, 0.5) is 4.79 Å². The summed E-state index contributed by atoms with van der Waals surface area (Å²) in [5, 5.41) is 0. The molecule has 0 aliphatic carbocycles. The van der Waals surface area contributed by atoms with Crippen molar-refractivity contribution in [2.75, 3.05) is 19.7 Å². The first-order valence-electron chi connectivity index (χ1n) is 7.01. The highest BCUT2D eigenvalue weighted by Gasteiger charge is 2.37. The minimum Gasteiger partial charge on any atom is -0.465 e. The van der Waals surface area contributed by atoms with Crippen molar-refractivity contribution in [2.24, 2.45) is 11.8 Å². The van der Waals surface area contributed by atoms with E-state index in [2.05, 4.69) is 0 Å². The monoisotopic (exact) mass is 269 g/mol. The van der Waals surface area contributed by atoms with Crippen LogP contribution in [-0.4, -0.2) is 42.3 Å². The quantitative estimate of drug-likeness (QED) is 0.685. The first-order chi connectivity index (χ1) is 8.87. The van der Waals surface area contributed by atoms with Gasteiger partial charge in [-0.15, -0.1) is 0 Å². The van der Waals surface area contributed by atoms with Crippen molar-refractivity contribution in [3.63, 3.8) is 0 Å². The number of nitrogens with zero attached hydrogens (tertiary/aromatic N) is 1. The number of hydrogen-bond acceptors (Lipinski definition) is 4. The summed E-state index contributed by atoms with van der Waals surface area (Å²) in [6, 6.07) is 0. The summed E-state index contributed by atoms with van der Waals surface area (Å²) in [5.41, 5.74) is -0.455. The predicted molar refractivity (Wildman–Crippen MR) is 69.6 cm³/mol. The van der Waals surface area contributed by atoms with Crippen LogP contribution >= 0.6 is 0 Å². The smallest absolute Gasteiger partial charge is 0.410 e. The Balaban J connectivity index is 1.82. The Hall–Kier alpha value is -1.26. The third kappa shape index (κ3) is 3.61. The van der Waals surface area contributed by atoms with E-state index >= 15 is 0 Å². The predicted octanol–water partition coefficient (Wildman–Crippen LogP) is 2.20. The number of esters is 1. The zero-order valence-corrected chi connectivity index (χ0v) is 12.0. The second-order valence-corrected chi connectivity index (χ2v) is 6.37. The molecular weight excluding hydrogens is 246 g/mol. The van der Waals surface area contributed by atoms with Crippen molar-refractivity contribution in [3.8, 4) is 0 Å². The number of carbonyl (C=O) groups excluding carboxylic acids is 2. The Kier molecular flexibility index (Phi) is 4.02. The molecule has 1 amide bonds. The molecule has 2 fully saturated rings. The van der Waals surface area contributed by atoms with Crippen molar-refractivity contribution < 1.29 is 19.1 Å². The van der Waals surface area contributed by atoms with Crippen molar-refractivity contribution in [1.82, 2.24) is 4.90 Å². The van der Waals surface area contributed by atoms with E-state index in [1.54, 1.807) is 4.90 Å². The summed E-state index contributed by atoms with van der Waals surface area (Å²) in [6.07, 6.45) is 2.30. The van der Waals surface area contributed by atoms with Gasteiger partial charge in [0, 0.05) is 13.1 Å². The van der Waals surface area contributed by atoms with Gasteiger partial charge in [-0.05, 0) is 46.0 Å². The minimum atomic E-state index is -0.455. The lowest BCUT2D eigenvalue weighted by Gasteiger charge is -2.34. The maximum absolute atomic E-state index is 11.9. The van der Waals surface area contributed by atoms with Crippen molar-refractivity contribution in [2.45, 2.75) is 45.6 Å². The molecule has 108 valence electrons. The summed E-state index contributed by atoms with van der Waals surface area (Å²) in [7, 11) is 0. The zero-order chi connectivity index (χ0) is 14.0. The van der Waals surface area contributed by atoms with Crippen LogP contribution in [0.3, 0.4) is 0 Å². The molecule has 5 nitrogen and oxygen atoms in total. The largest absolute Gasteiger partial charge is 0.465 e. The number of amides is 1. The highest BCUT2D eigenvalue weighted by Crippen LogP contribution is 2.31. The standard InChI is InChI=1S/C14H23NO4/c1-14(2,3)19-13(17)15-7-4-10(5-8-15)11-6-9-18-12(11)16/h10-11H,4-9H2,1-3H3. The zero-order valence-electron chi connectivity index (χ0n) is 12.0. The van der Waals surface area contributed by atoms with E-state index in [1.165, 1.54) is 0 Å². The molecule has 0 radical (unpaired) electrons. The Labute approximate surface area is 114 Å². The fourth-order valence-electron chi connectivity index (χ4n) is 2.75. The van der Waals surface area contributed by atoms with Gasteiger partial charge < -0.3 is 14.4 Å². The molecule has 1 unspecified atom stereocenters. The van der Waals surface area contributed by atoms with Crippen LogP contribution in [0.15, 0.2) is 0 Å². The molecule has 0 aromatic rings. The van der Waals surface area contributed by atoms with Crippen LogP contribution in [0.2, 0.25) is 0 Å². The van der Waals surface area contributed by atoms with Gasteiger partial charge in [0.1, 0.15) is 5.60 Å². The molecule has 0 saturated carbocycles. The van der Waals surface area contributed by atoms with E-state index in [9.17, 15) is 9.59 Å². The second kappa shape index (κ2) is 5.39. The number of piperidine rings is 1. The van der Waals surface area contributed by atoms with E-state index < -0.39 is 5.60 Å². The molecule has 2 saturated heterocycles. The number of ether oxygens (including phenoxy) is 2. The summed E-state index contributed by atoms with van der Waals surface area (Å²) < 4.78 is 10.4. The molecule has 2 aliphatic rings. The maximum atomic E-state index is 11.9. The summed E-state index contributed by atoms with van der Waals surface area (Å²) in [4.78, 5) is 25.2. The van der Waals surface area contributed by atoms with Gasteiger partial charge in [-0.1, -0.05) is 0 Å². The lowest BCUT2D eigenvalue weighted by molar-refractivity contribution is -0.143. The van der Waals surface area contributed by atoms with E-state index in [-0.39, 0.29) is 18.0 Å². The van der Waals surface area contributed by atoms with Crippen molar-refractivity contribution in [3.05, 3.63) is 0 Å². The molecule has 0 spiro atoms. The van der Waals surface area contributed by atoms with Gasteiger partial charge in [-0.3, -0.25) is 4.79 Å². The van der Waals surface area contributed by atoms with Crippen LogP contribution in [0.1, 0.15) is 40.0 Å². The summed E-state index contributed by atoms with van der Waals surface area (Å²) in [6.45, 7) is 7.49. The van der Waals surface area contributed by atoms with Gasteiger partial charge >= 0.3 is 12.1 Å². The molecule has 2 aliphatic heterocycles. The molecule has 0 aromatic heterocycles. The number of rotatable bonds is 1. The van der Waals surface area contributed by atoms with Crippen LogP contribution < -0.4 is 0 Å². The van der Waals surface area contributed by atoms with E-state index in [0.29, 0.717) is 25.6 Å². The van der Waals surface area contributed by atoms with Gasteiger partial charge in [0.2, 0.25) is 0 Å². The molecule has 2 rings (SSSR count). The summed E-state index contributed by atoms with van der Waals surface area (Å²) in [5.74, 6) is 0.338. The van der Waals surface area contributed by atoms with Gasteiger partial charge in [0.25, 0.3) is 0 Å². The first kappa shape index (κ1) is 14.2. The normalized spacial score (nSPS) is 25.3. The van der Waals surface area contributed by atoms with Gasteiger partial charge in [-0.2, -0.15) is 0 Å². The third-order valence-corrected chi connectivity index (χ3v) is 3.74. The highest BCUT2D eigenvalue weighted by atomic mass is 16.6. The molecule has 2 heterocycles. The number of carbonyl (C=O) groups is 2. The molecule has 0 N–H and O–H groups in total. The number of likely N-dealkylation sites (tertiary alicyclic amines) is 1. The second-order valence-electron chi connectivity index (χ2n) is 6.37. The molecule has 1 atom stereocenters. The summed E-state index contributed by atoms with van der Waals surface area (Å²) >= 11 is 0. The molecule has 0 aromatic carbocycles. The van der Waals surface area contributed by atoms with Crippen LogP contribution in [0.5, 0.6) is 0 Å². The SMILES string of the molecule is CC(C)(C)OC(=O)N1CCC(C2CCOC2=O)CC1. The molecular formula is C14H23NO4. The maximum Gasteiger partial charge on any atom is 0.410 e. The Morgan fingerprint density at radius 1 is 1.26 bits per heavy atom. The molecule has 19 heavy (non-hydrogen) atoms. The van der Waals surface area contributed by atoms with Crippen molar-refractivity contribution >= 4 is 12.1 Å². The van der Waals surface area contributed by atoms with E-state index in [4.69, 9.17) is 9.47 Å². The highest BCUT2D eigenvalue weighted by molar-refractivity contribution is 5.74. The lowest BCUT2D eigenvalue weighted by Crippen LogP contribution is -2.43. The van der Waals surface area contributed by atoms with Crippen LogP contribution in [0, 0.1) is 11.8 Å². The van der Waals surface area contributed by atoms with Crippen LogP contribution in [0.25, 0.3) is 0 Å². The Morgan fingerprint density at radius 3 is 2.37 bits per heavy atom. The van der Waals surface area contributed by atoms with E-state index in [0.717, 1.165) is 19.3 Å². The Morgan fingerprint density at radius 2 is 1.89 bits per heavy atom. The number of hydrogen-bond donors (Lipinski definition) is 0. The van der Waals surface area contributed by atoms with E-state index in [1.807, 2.05) is 20.8 Å². The molecule has 5 heteroatoms. The average molecular weight is 269 g/mol. The van der Waals surface area contributed by atoms with Crippen molar-refractivity contribution in [1.29, 1.82) is 0 Å². The molecule has 0 bridgehead atoms. The average Bonchev–Trinajstić information content (AvgIpc) is 2.73. The topological polar surface area (TPSA) is 55.8 Å². The van der Waals surface area contributed by atoms with Gasteiger partial charge in [-0.25, -0.2) is 4.79 Å². The van der Waals surface area contributed by atoms with Gasteiger partial charge in [0.15, 0.2) is 0 Å². The Bertz CT molecular complexity index is 353.